The Morgan fingerprint density at radius 3 is 2.10 bits per heavy atom. The normalized spacial score (nSPS) is 11.8. The summed E-state index contributed by atoms with van der Waals surface area (Å²) in [5.74, 6) is -0.163. The zero-order valence-corrected chi connectivity index (χ0v) is 19.7. The summed E-state index contributed by atoms with van der Waals surface area (Å²) in [6, 6.07) is 13.7. The minimum atomic E-state index is -3.53. The molecule has 0 aromatic heterocycles. The van der Waals surface area contributed by atoms with Gasteiger partial charge in [0.1, 0.15) is 0 Å². The molecule has 2 aromatic carbocycles. The Morgan fingerprint density at radius 1 is 0.966 bits per heavy atom. The molecule has 2 rings (SSSR count). The smallest absolute Gasteiger partial charge is 0.258 e. The zero-order chi connectivity index (χ0) is 21.6. The molecule has 0 aliphatic rings. The summed E-state index contributed by atoms with van der Waals surface area (Å²) in [4.78, 5) is 17.4. The monoisotopic (exact) mass is 481 g/mol. The van der Waals surface area contributed by atoms with E-state index in [4.69, 9.17) is 0 Å². The highest BCUT2D eigenvalue weighted by Gasteiger charge is 2.21. The molecule has 0 heterocycles. The summed E-state index contributed by atoms with van der Waals surface area (Å²) in [6.07, 6.45) is 0. The van der Waals surface area contributed by atoms with E-state index in [9.17, 15) is 13.2 Å². The van der Waals surface area contributed by atoms with Crippen LogP contribution in [0.2, 0.25) is 0 Å². The average molecular weight is 482 g/mol. The van der Waals surface area contributed by atoms with Crippen molar-refractivity contribution in [2.24, 2.45) is 0 Å². The molecule has 8 heteroatoms. The molecule has 158 valence electrons. The first-order valence-electron chi connectivity index (χ1n) is 9.53. The molecule has 0 unspecified atom stereocenters. The van der Waals surface area contributed by atoms with Gasteiger partial charge in [-0.15, -0.1) is 0 Å². The SMILES string of the molecule is CCN(CC)CCN(C(=O)c1ccc(S(=O)(=O)N(C)C)cc1)c1cccc(Br)c1. The van der Waals surface area contributed by atoms with E-state index in [1.807, 2.05) is 24.3 Å². The zero-order valence-electron chi connectivity index (χ0n) is 17.3. The Labute approximate surface area is 182 Å². The van der Waals surface area contributed by atoms with Crippen LogP contribution in [0.4, 0.5) is 5.69 Å². The second kappa shape index (κ2) is 10.3. The fraction of sp³-hybridized carbons (Fsp3) is 0.381. The third kappa shape index (κ3) is 5.88. The number of hydrogen-bond donors (Lipinski definition) is 0. The number of sulfonamides is 1. The van der Waals surface area contributed by atoms with Crippen LogP contribution in [0.5, 0.6) is 0 Å². The van der Waals surface area contributed by atoms with Crippen LogP contribution in [-0.2, 0) is 10.0 Å². The second-order valence-corrected chi connectivity index (χ2v) is 9.84. The highest BCUT2D eigenvalue weighted by Crippen LogP contribution is 2.23. The van der Waals surface area contributed by atoms with Gasteiger partial charge < -0.3 is 9.80 Å². The number of anilines is 1. The molecule has 0 atom stereocenters. The van der Waals surface area contributed by atoms with Crippen molar-refractivity contribution in [3.05, 3.63) is 58.6 Å². The number of rotatable bonds is 9. The summed E-state index contributed by atoms with van der Waals surface area (Å²) in [5, 5.41) is 0. The third-order valence-corrected chi connectivity index (χ3v) is 7.10. The van der Waals surface area contributed by atoms with Gasteiger partial charge in [0, 0.05) is 42.9 Å². The molecule has 0 aliphatic carbocycles. The van der Waals surface area contributed by atoms with Crippen molar-refractivity contribution in [1.29, 1.82) is 0 Å². The molecule has 1 amide bonds. The topological polar surface area (TPSA) is 60.9 Å². The summed E-state index contributed by atoms with van der Waals surface area (Å²) in [6.45, 7) is 7.30. The first-order chi connectivity index (χ1) is 13.7. The molecular formula is C21H28BrN3O3S. The van der Waals surface area contributed by atoms with Crippen molar-refractivity contribution < 1.29 is 13.2 Å². The molecule has 6 nitrogen and oxygen atoms in total. The minimum absolute atomic E-state index is 0.163. The summed E-state index contributed by atoms with van der Waals surface area (Å²) in [5.41, 5.74) is 1.24. The van der Waals surface area contributed by atoms with Gasteiger partial charge in [-0.1, -0.05) is 35.8 Å². The lowest BCUT2D eigenvalue weighted by Gasteiger charge is -2.27. The fourth-order valence-electron chi connectivity index (χ4n) is 2.91. The second-order valence-electron chi connectivity index (χ2n) is 6.78. The quantitative estimate of drug-likeness (QED) is 0.547. The van der Waals surface area contributed by atoms with Crippen molar-refractivity contribution in [2.45, 2.75) is 18.7 Å². The van der Waals surface area contributed by atoms with Gasteiger partial charge >= 0.3 is 0 Å². The lowest BCUT2D eigenvalue weighted by Crippen LogP contribution is -2.39. The Bertz CT molecular complexity index is 926. The third-order valence-electron chi connectivity index (χ3n) is 4.78. The van der Waals surface area contributed by atoms with Crippen LogP contribution in [0.25, 0.3) is 0 Å². The Kier molecular flexibility index (Phi) is 8.39. The van der Waals surface area contributed by atoms with E-state index in [0.717, 1.165) is 34.1 Å². The van der Waals surface area contributed by atoms with Crippen molar-refractivity contribution in [3.63, 3.8) is 0 Å². The number of halogens is 1. The molecule has 0 spiro atoms. The van der Waals surface area contributed by atoms with E-state index in [1.165, 1.54) is 26.2 Å². The first kappa shape index (κ1) is 23.5. The van der Waals surface area contributed by atoms with Gasteiger partial charge in [0.2, 0.25) is 10.0 Å². The maximum atomic E-state index is 13.3. The number of likely N-dealkylation sites (N-methyl/N-ethyl adjacent to an activating group) is 1. The lowest BCUT2D eigenvalue weighted by molar-refractivity contribution is 0.0983. The molecule has 0 N–H and O–H groups in total. The Morgan fingerprint density at radius 2 is 1.59 bits per heavy atom. The Hall–Kier alpha value is -1.74. The lowest BCUT2D eigenvalue weighted by atomic mass is 10.1. The van der Waals surface area contributed by atoms with Crippen LogP contribution >= 0.6 is 15.9 Å². The first-order valence-corrected chi connectivity index (χ1v) is 11.8. The molecule has 2 aromatic rings. The number of hydrogen-bond acceptors (Lipinski definition) is 4. The molecule has 0 aliphatic heterocycles. The molecule has 0 bridgehead atoms. The van der Waals surface area contributed by atoms with Crippen LogP contribution in [0.3, 0.4) is 0 Å². The predicted molar refractivity (Wildman–Crippen MR) is 121 cm³/mol. The van der Waals surface area contributed by atoms with Gasteiger partial charge in [0.05, 0.1) is 4.90 Å². The van der Waals surface area contributed by atoms with Crippen molar-refractivity contribution >= 4 is 37.5 Å². The van der Waals surface area contributed by atoms with E-state index >= 15 is 0 Å². The molecular weight excluding hydrogens is 454 g/mol. The summed E-state index contributed by atoms with van der Waals surface area (Å²) < 4.78 is 26.6. The van der Waals surface area contributed by atoms with Crippen LogP contribution in [0, 0.1) is 0 Å². The number of amides is 1. The maximum Gasteiger partial charge on any atom is 0.258 e. The molecule has 0 fully saturated rings. The van der Waals surface area contributed by atoms with E-state index in [-0.39, 0.29) is 10.8 Å². The fourth-order valence-corrected chi connectivity index (χ4v) is 4.20. The van der Waals surface area contributed by atoms with Crippen LogP contribution in [-0.4, -0.2) is 63.8 Å². The van der Waals surface area contributed by atoms with E-state index in [0.29, 0.717) is 12.1 Å². The number of nitrogens with zero attached hydrogens (tertiary/aromatic N) is 3. The van der Waals surface area contributed by atoms with Crippen LogP contribution in [0.1, 0.15) is 24.2 Å². The van der Waals surface area contributed by atoms with Gasteiger partial charge in [-0.25, -0.2) is 12.7 Å². The Balaban J connectivity index is 2.33. The van der Waals surface area contributed by atoms with Crippen LogP contribution < -0.4 is 4.90 Å². The molecule has 0 saturated heterocycles. The standard InChI is InChI=1S/C21H28BrN3O3S/c1-5-24(6-2)14-15-25(19-9-7-8-18(22)16-19)21(26)17-10-12-20(13-11-17)29(27,28)23(3)4/h7-13,16H,5-6,14-15H2,1-4H3. The molecule has 29 heavy (non-hydrogen) atoms. The van der Waals surface area contributed by atoms with Crippen LogP contribution in [0.15, 0.2) is 57.9 Å². The number of carbonyl (C=O) groups excluding carboxylic acids is 1. The van der Waals surface area contributed by atoms with Gasteiger partial charge in [-0.05, 0) is 55.6 Å². The highest BCUT2D eigenvalue weighted by atomic mass is 79.9. The van der Waals surface area contributed by atoms with Gasteiger partial charge in [0.15, 0.2) is 0 Å². The summed E-state index contributed by atoms with van der Waals surface area (Å²) in [7, 11) is -0.565. The van der Waals surface area contributed by atoms with Crippen molar-refractivity contribution in [2.75, 3.05) is 45.2 Å². The number of carbonyl (C=O) groups is 1. The van der Waals surface area contributed by atoms with E-state index in [1.54, 1.807) is 17.0 Å². The molecule has 0 radical (unpaired) electrons. The van der Waals surface area contributed by atoms with E-state index in [2.05, 4.69) is 34.7 Å². The van der Waals surface area contributed by atoms with Gasteiger partial charge in [-0.2, -0.15) is 0 Å². The summed E-state index contributed by atoms with van der Waals surface area (Å²) >= 11 is 3.47. The van der Waals surface area contributed by atoms with Crippen molar-refractivity contribution in [3.8, 4) is 0 Å². The average Bonchev–Trinajstić information content (AvgIpc) is 2.71. The molecule has 0 saturated carbocycles. The van der Waals surface area contributed by atoms with Crippen molar-refractivity contribution in [1.82, 2.24) is 9.21 Å². The highest BCUT2D eigenvalue weighted by molar-refractivity contribution is 9.10. The predicted octanol–water partition coefficient (Wildman–Crippen LogP) is 3.69. The minimum Gasteiger partial charge on any atom is -0.307 e. The number of benzene rings is 2. The van der Waals surface area contributed by atoms with E-state index < -0.39 is 10.0 Å². The largest absolute Gasteiger partial charge is 0.307 e. The maximum absolute atomic E-state index is 13.3. The van der Waals surface area contributed by atoms with Gasteiger partial charge in [0.25, 0.3) is 5.91 Å². The van der Waals surface area contributed by atoms with Gasteiger partial charge in [-0.3, -0.25) is 4.79 Å².